The first-order valence-corrected chi connectivity index (χ1v) is 6.66. The van der Waals surface area contributed by atoms with Gasteiger partial charge in [0.1, 0.15) is 17.8 Å². The molecule has 0 radical (unpaired) electrons. The zero-order chi connectivity index (χ0) is 14.3. The summed E-state index contributed by atoms with van der Waals surface area (Å²) in [5, 5.41) is 0. The van der Waals surface area contributed by atoms with E-state index in [1.807, 2.05) is 9.80 Å². The molecule has 2 unspecified atom stereocenters. The first kappa shape index (κ1) is 13.3. The molecule has 0 spiro atoms. The summed E-state index contributed by atoms with van der Waals surface area (Å²) in [6.45, 7) is 6.24. The highest BCUT2D eigenvalue weighted by Crippen LogP contribution is 2.24. The van der Waals surface area contributed by atoms with Crippen molar-refractivity contribution in [2.45, 2.75) is 24.9 Å². The number of piperazine rings is 1. The highest BCUT2D eigenvalue weighted by molar-refractivity contribution is 5.96. The van der Waals surface area contributed by atoms with E-state index in [0.717, 1.165) is 0 Å². The van der Waals surface area contributed by atoms with E-state index in [1.54, 1.807) is 0 Å². The summed E-state index contributed by atoms with van der Waals surface area (Å²) in [5.74, 6) is -0.665. The van der Waals surface area contributed by atoms with Gasteiger partial charge in [0.05, 0.1) is 6.42 Å². The van der Waals surface area contributed by atoms with E-state index in [9.17, 15) is 14.4 Å². The molecule has 7 heteroatoms. The van der Waals surface area contributed by atoms with E-state index in [4.69, 9.17) is 4.74 Å². The van der Waals surface area contributed by atoms with Crippen LogP contribution in [0.4, 0.5) is 0 Å². The van der Waals surface area contributed by atoms with E-state index in [0.29, 0.717) is 38.4 Å². The van der Waals surface area contributed by atoms with Crippen LogP contribution in [0.15, 0.2) is 12.3 Å². The van der Waals surface area contributed by atoms with Gasteiger partial charge in [-0.15, -0.1) is 0 Å². The van der Waals surface area contributed by atoms with Gasteiger partial charge in [-0.25, -0.2) is 9.59 Å². The lowest BCUT2D eigenvalue weighted by atomic mass is 10.1. The summed E-state index contributed by atoms with van der Waals surface area (Å²) >= 11 is 0. The molecule has 7 nitrogen and oxygen atoms in total. The molecule has 3 aliphatic heterocycles. The van der Waals surface area contributed by atoms with Crippen molar-refractivity contribution in [2.75, 3.05) is 26.2 Å². The maximum Gasteiger partial charge on any atom is 0.331 e. The summed E-state index contributed by atoms with van der Waals surface area (Å²) < 4.78 is 9.54. The van der Waals surface area contributed by atoms with Crippen molar-refractivity contribution in [3.8, 4) is 0 Å². The third-order valence-corrected chi connectivity index (χ3v) is 4.01. The number of hydrogen-bond donors (Lipinski definition) is 0. The summed E-state index contributed by atoms with van der Waals surface area (Å²) in [4.78, 5) is 38.3. The zero-order valence-electron chi connectivity index (χ0n) is 11.0. The topological polar surface area (TPSA) is 76.2 Å². The van der Waals surface area contributed by atoms with Crippen molar-refractivity contribution in [3.63, 3.8) is 0 Å². The lowest BCUT2D eigenvalue weighted by molar-refractivity contribution is -0.154. The highest BCUT2D eigenvalue weighted by Gasteiger charge is 2.41. The molecule has 0 aromatic carbocycles. The molecule has 3 saturated heterocycles. The lowest BCUT2D eigenvalue weighted by Crippen LogP contribution is -2.55. The lowest BCUT2D eigenvalue weighted by Gasteiger charge is -2.37. The second-order valence-corrected chi connectivity index (χ2v) is 5.26. The molecule has 108 valence electrons. The number of rotatable bonds is 2. The van der Waals surface area contributed by atoms with Crippen molar-refractivity contribution >= 4 is 17.9 Å². The van der Waals surface area contributed by atoms with Crippen LogP contribution in [-0.2, 0) is 23.9 Å². The van der Waals surface area contributed by atoms with Gasteiger partial charge < -0.3 is 9.47 Å². The van der Waals surface area contributed by atoms with Gasteiger partial charge in [0.15, 0.2) is 0 Å². The predicted molar refractivity (Wildman–Crippen MR) is 66.3 cm³/mol. The third-order valence-electron chi connectivity index (χ3n) is 4.01. The average molecular weight is 280 g/mol. The largest absolute Gasteiger partial charge is 0.430 e. The number of carbonyl (C=O) groups is 3. The molecule has 0 amide bonds. The zero-order valence-corrected chi connectivity index (χ0v) is 11.0. The average Bonchev–Trinajstić information content (AvgIpc) is 2.92. The van der Waals surface area contributed by atoms with Crippen molar-refractivity contribution in [3.05, 3.63) is 12.3 Å². The second-order valence-electron chi connectivity index (χ2n) is 5.26. The predicted octanol–water partition coefficient (Wildman–Crippen LogP) is -0.725. The summed E-state index contributed by atoms with van der Waals surface area (Å²) in [6, 6.07) is -0.725. The standard InChI is InChI=1S/C13H16N2O5/c1-8-6-9(12(17)19-8)14-2-4-15(5-3-14)10-7-11(16)20-13(10)18/h9-10H,1-7H2. The minimum atomic E-state index is -0.463. The number of cyclic esters (lactones) is 3. The highest BCUT2D eigenvalue weighted by atomic mass is 16.6. The van der Waals surface area contributed by atoms with Crippen LogP contribution in [0.1, 0.15) is 12.8 Å². The molecule has 3 heterocycles. The molecule has 2 atom stereocenters. The number of nitrogens with zero attached hydrogens (tertiary/aromatic N) is 2. The Labute approximate surface area is 116 Å². The monoisotopic (exact) mass is 280 g/mol. The quantitative estimate of drug-likeness (QED) is 0.488. The van der Waals surface area contributed by atoms with Crippen LogP contribution in [-0.4, -0.2) is 66.0 Å². The van der Waals surface area contributed by atoms with Crippen LogP contribution >= 0.6 is 0 Å². The first-order valence-electron chi connectivity index (χ1n) is 6.66. The SMILES string of the molecule is C=C1CC(N2CCN(C3CC(=O)OC3=O)CC2)C(=O)O1. The molecule has 0 aliphatic carbocycles. The molecule has 0 bridgehead atoms. The van der Waals surface area contributed by atoms with E-state index in [-0.39, 0.29) is 18.4 Å². The minimum Gasteiger partial charge on any atom is -0.430 e. The molecular weight excluding hydrogens is 264 g/mol. The fraction of sp³-hybridized carbons (Fsp3) is 0.615. The molecule has 20 heavy (non-hydrogen) atoms. The maximum absolute atomic E-state index is 11.7. The smallest absolute Gasteiger partial charge is 0.331 e. The third kappa shape index (κ3) is 2.34. The number of ether oxygens (including phenoxy) is 2. The maximum atomic E-state index is 11.7. The van der Waals surface area contributed by atoms with Gasteiger partial charge in [-0.05, 0) is 0 Å². The minimum absolute atomic E-state index is 0.126. The van der Waals surface area contributed by atoms with Gasteiger partial charge >= 0.3 is 17.9 Å². The Morgan fingerprint density at radius 1 is 0.850 bits per heavy atom. The molecule has 0 aromatic rings. The van der Waals surface area contributed by atoms with Crippen LogP contribution in [0.5, 0.6) is 0 Å². The normalized spacial score (nSPS) is 32.6. The fourth-order valence-corrected chi connectivity index (χ4v) is 2.93. The van der Waals surface area contributed by atoms with Crippen LogP contribution in [0.25, 0.3) is 0 Å². The fourth-order valence-electron chi connectivity index (χ4n) is 2.93. The van der Waals surface area contributed by atoms with Crippen molar-refractivity contribution < 1.29 is 23.9 Å². The first-order chi connectivity index (χ1) is 9.54. The van der Waals surface area contributed by atoms with Gasteiger partial charge in [-0.2, -0.15) is 0 Å². The van der Waals surface area contributed by atoms with Crippen LogP contribution in [0, 0.1) is 0 Å². The van der Waals surface area contributed by atoms with Crippen LogP contribution in [0.3, 0.4) is 0 Å². The Morgan fingerprint density at radius 3 is 1.75 bits per heavy atom. The molecule has 3 rings (SSSR count). The number of carbonyl (C=O) groups excluding carboxylic acids is 3. The van der Waals surface area contributed by atoms with Gasteiger partial charge in [-0.1, -0.05) is 6.58 Å². The van der Waals surface area contributed by atoms with Gasteiger partial charge in [0.2, 0.25) is 0 Å². The molecule has 0 N–H and O–H groups in total. The summed E-state index contributed by atoms with van der Waals surface area (Å²) in [6.07, 6.45) is 0.657. The van der Waals surface area contributed by atoms with E-state index in [1.165, 1.54) is 0 Å². The molecule has 0 saturated carbocycles. The van der Waals surface area contributed by atoms with Gasteiger partial charge in [-0.3, -0.25) is 14.6 Å². The van der Waals surface area contributed by atoms with Crippen molar-refractivity contribution in [1.82, 2.24) is 9.80 Å². The van der Waals surface area contributed by atoms with Crippen LogP contribution in [0.2, 0.25) is 0 Å². The van der Waals surface area contributed by atoms with Gasteiger partial charge in [0, 0.05) is 32.6 Å². The van der Waals surface area contributed by atoms with E-state index in [2.05, 4.69) is 11.3 Å². The molecule has 3 fully saturated rings. The molecular formula is C13H16N2O5. The summed E-state index contributed by atoms with van der Waals surface area (Å²) in [5.41, 5.74) is 0. The number of hydrogen-bond acceptors (Lipinski definition) is 7. The molecule has 0 aromatic heterocycles. The second kappa shape index (κ2) is 4.99. The van der Waals surface area contributed by atoms with E-state index < -0.39 is 18.0 Å². The molecule has 3 aliphatic rings. The Kier molecular flexibility index (Phi) is 3.31. The number of esters is 3. The van der Waals surface area contributed by atoms with Crippen LogP contribution < -0.4 is 0 Å². The van der Waals surface area contributed by atoms with Crippen molar-refractivity contribution in [2.24, 2.45) is 0 Å². The summed E-state index contributed by atoms with van der Waals surface area (Å²) in [7, 11) is 0. The van der Waals surface area contributed by atoms with E-state index >= 15 is 0 Å². The Morgan fingerprint density at radius 2 is 1.35 bits per heavy atom. The Bertz CT molecular complexity index is 437. The Hall–Kier alpha value is -1.73. The van der Waals surface area contributed by atoms with Crippen molar-refractivity contribution in [1.29, 1.82) is 0 Å². The Balaban J connectivity index is 1.57. The van der Waals surface area contributed by atoms with Gasteiger partial charge in [0.25, 0.3) is 0 Å².